The van der Waals surface area contributed by atoms with Crippen molar-refractivity contribution in [2.75, 3.05) is 26.2 Å². The van der Waals surface area contributed by atoms with Gasteiger partial charge in [0.2, 0.25) is 0 Å². The first-order valence-corrected chi connectivity index (χ1v) is 9.70. The number of nitrogens with one attached hydrogen (secondary N) is 1. The van der Waals surface area contributed by atoms with Crippen LogP contribution in [0.4, 0.5) is 4.79 Å². The number of amides is 3. The Bertz CT molecular complexity index is 949. The van der Waals surface area contributed by atoms with Gasteiger partial charge in [-0.15, -0.1) is 0 Å². The van der Waals surface area contributed by atoms with Gasteiger partial charge in [-0.2, -0.15) is 4.37 Å². The summed E-state index contributed by atoms with van der Waals surface area (Å²) < 4.78 is 5.36. The van der Waals surface area contributed by atoms with Crippen LogP contribution in [-0.4, -0.2) is 52.3 Å². The van der Waals surface area contributed by atoms with E-state index in [0.717, 1.165) is 15.6 Å². The van der Waals surface area contributed by atoms with Crippen LogP contribution in [0.15, 0.2) is 54.6 Å². The lowest BCUT2D eigenvalue weighted by Crippen LogP contribution is -2.53. The van der Waals surface area contributed by atoms with Crippen molar-refractivity contribution >= 4 is 33.6 Å². The molecular formula is C20H20N4O2S. The lowest BCUT2D eigenvalue weighted by Gasteiger charge is -2.34. The van der Waals surface area contributed by atoms with E-state index in [1.54, 1.807) is 9.80 Å². The maximum atomic E-state index is 12.8. The highest BCUT2D eigenvalue weighted by atomic mass is 32.1. The number of hydrogen-bond donors (Lipinski definition) is 1. The SMILES string of the molecule is O=C(NCc1ccccc1)N1CCN(C(=O)c2nsc3ccccc23)CC1. The Morgan fingerprint density at radius 2 is 1.59 bits per heavy atom. The first-order chi connectivity index (χ1) is 13.2. The van der Waals surface area contributed by atoms with Crippen molar-refractivity contribution in [1.82, 2.24) is 19.5 Å². The molecule has 27 heavy (non-hydrogen) atoms. The van der Waals surface area contributed by atoms with Crippen molar-refractivity contribution < 1.29 is 9.59 Å². The molecule has 1 saturated heterocycles. The van der Waals surface area contributed by atoms with Crippen LogP contribution in [-0.2, 0) is 6.54 Å². The number of fused-ring (bicyclic) bond motifs is 1. The van der Waals surface area contributed by atoms with E-state index < -0.39 is 0 Å². The van der Waals surface area contributed by atoms with Crippen molar-refractivity contribution in [3.8, 4) is 0 Å². The largest absolute Gasteiger partial charge is 0.334 e. The van der Waals surface area contributed by atoms with Gasteiger partial charge in [0.15, 0.2) is 0 Å². The van der Waals surface area contributed by atoms with Crippen molar-refractivity contribution in [3.05, 3.63) is 65.9 Å². The molecule has 0 spiro atoms. The zero-order valence-corrected chi connectivity index (χ0v) is 15.6. The molecule has 0 unspecified atom stereocenters. The number of carbonyl (C=O) groups excluding carboxylic acids is 2. The zero-order chi connectivity index (χ0) is 18.6. The van der Waals surface area contributed by atoms with Crippen LogP contribution in [0.5, 0.6) is 0 Å². The van der Waals surface area contributed by atoms with Crippen molar-refractivity contribution in [1.29, 1.82) is 0 Å². The molecule has 2 aromatic carbocycles. The predicted octanol–water partition coefficient (Wildman–Crippen LogP) is 2.96. The van der Waals surface area contributed by atoms with Gasteiger partial charge in [-0.05, 0) is 23.2 Å². The molecule has 1 aromatic heterocycles. The maximum absolute atomic E-state index is 12.8. The fraction of sp³-hybridized carbons (Fsp3) is 0.250. The summed E-state index contributed by atoms with van der Waals surface area (Å²) in [6, 6.07) is 17.5. The highest BCUT2D eigenvalue weighted by Gasteiger charge is 2.27. The summed E-state index contributed by atoms with van der Waals surface area (Å²) in [5.74, 6) is -0.0585. The second kappa shape index (κ2) is 7.75. The van der Waals surface area contributed by atoms with E-state index in [9.17, 15) is 9.59 Å². The van der Waals surface area contributed by atoms with E-state index in [4.69, 9.17) is 0 Å². The molecule has 2 heterocycles. The summed E-state index contributed by atoms with van der Waals surface area (Å²) in [5.41, 5.74) is 1.58. The molecule has 1 fully saturated rings. The molecule has 6 nitrogen and oxygen atoms in total. The number of urea groups is 1. The summed E-state index contributed by atoms with van der Waals surface area (Å²) in [5, 5.41) is 3.84. The maximum Gasteiger partial charge on any atom is 0.317 e. The summed E-state index contributed by atoms with van der Waals surface area (Å²) in [6.07, 6.45) is 0. The normalized spacial score (nSPS) is 14.4. The van der Waals surface area contributed by atoms with Gasteiger partial charge in [-0.1, -0.05) is 48.5 Å². The topological polar surface area (TPSA) is 65.5 Å². The van der Waals surface area contributed by atoms with E-state index in [0.29, 0.717) is 38.4 Å². The van der Waals surface area contributed by atoms with Crippen LogP contribution in [0.2, 0.25) is 0 Å². The Morgan fingerprint density at radius 3 is 2.37 bits per heavy atom. The Hall–Kier alpha value is -2.93. The fourth-order valence-corrected chi connectivity index (χ4v) is 3.96. The average Bonchev–Trinajstić information content (AvgIpc) is 3.16. The second-order valence-corrected chi connectivity index (χ2v) is 7.26. The molecule has 0 atom stereocenters. The minimum Gasteiger partial charge on any atom is -0.334 e. The number of piperazine rings is 1. The molecule has 0 bridgehead atoms. The summed E-state index contributed by atoms with van der Waals surface area (Å²) in [6.45, 7) is 2.58. The first-order valence-electron chi connectivity index (χ1n) is 8.93. The highest BCUT2D eigenvalue weighted by Crippen LogP contribution is 2.23. The quantitative estimate of drug-likeness (QED) is 0.760. The van der Waals surface area contributed by atoms with Gasteiger partial charge in [-0.3, -0.25) is 4.79 Å². The molecular weight excluding hydrogens is 360 g/mol. The van der Waals surface area contributed by atoms with Crippen LogP contribution in [0.1, 0.15) is 16.1 Å². The van der Waals surface area contributed by atoms with Gasteiger partial charge in [0, 0.05) is 38.1 Å². The molecule has 1 aliphatic rings. The lowest BCUT2D eigenvalue weighted by atomic mass is 10.2. The van der Waals surface area contributed by atoms with E-state index in [1.807, 2.05) is 54.6 Å². The van der Waals surface area contributed by atoms with Crippen molar-refractivity contribution in [2.24, 2.45) is 0 Å². The Morgan fingerprint density at radius 1 is 0.926 bits per heavy atom. The monoisotopic (exact) mass is 380 g/mol. The minimum atomic E-state index is -0.0925. The highest BCUT2D eigenvalue weighted by molar-refractivity contribution is 7.13. The second-order valence-electron chi connectivity index (χ2n) is 6.45. The van der Waals surface area contributed by atoms with Crippen molar-refractivity contribution in [3.63, 3.8) is 0 Å². The summed E-state index contributed by atoms with van der Waals surface area (Å²) in [7, 11) is 0. The number of hydrogen-bond acceptors (Lipinski definition) is 4. The molecule has 1 aliphatic heterocycles. The van der Waals surface area contributed by atoms with E-state index >= 15 is 0 Å². The number of aromatic nitrogens is 1. The molecule has 0 radical (unpaired) electrons. The Kier molecular flexibility index (Phi) is 5.02. The van der Waals surface area contributed by atoms with Crippen LogP contribution < -0.4 is 5.32 Å². The van der Waals surface area contributed by atoms with E-state index in [-0.39, 0.29) is 11.9 Å². The zero-order valence-electron chi connectivity index (χ0n) is 14.8. The van der Waals surface area contributed by atoms with Crippen LogP contribution in [0, 0.1) is 0 Å². The number of benzene rings is 2. The molecule has 138 valence electrons. The van der Waals surface area contributed by atoms with Gasteiger partial charge in [-0.25, -0.2) is 4.79 Å². The molecule has 3 amide bonds. The standard InChI is InChI=1S/C20H20N4O2S/c25-19(18-16-8-4-5-9-17(16)27-22-18)23-10-12-24(13-11-23)20(26)21-14-15-6-2-1-3-7-15/h1-9H,10-14H2,(H,21,26). The Labute approximate surface area is 161 Å². The molecule has 7 heteroatoms. The third-order valence-corrected chi connectivity index (χ3v) is 5.55. The summed E-state index contributed by atoms with van der Waals surface area (Å²) in [4.78, 5) is 28.7. The number of nitrogens with zero attached hydrogens (tertiary/aromatic N) is 3. The third kappa shape index (κ3) is 3.78. The molecule has 0 saturated carbocycles. The van der Waals surface area contributed by atoms with Crippen LogP contribution >= 0.6 is 11.5 Å². The third-order valence-electron chi connectivity index (χ3n) is 4.72. The number of rotatable bonds is 3. The van der Waals surface area contributed by atoms with Gasteiger partial charge in [0.05, 0.1) is 4.70 Å². The minimum absolute atomic E-state index is 0.0585. The Balaban J connectivity index is 1.33. The molecule has 1 N–H and O–H groups in total. The fourth-order valence-electron chi connectivity index (χ4n) is 3.19. The first kappa shape index (κ1) is 17.5. The van der Waals surface area contributed by atoms with Crippen LogP contribution in [0.3, 0.4) is 0 Å². The van der Waals surface area contributed by atoms with Gasteiger partial charge in [0.25, 0.3) is 5.91 Å². The smallest absolute Gasteiger partial charge is 0.317 e. The van der Waals surface area contributed by atoms with Gasteiger partial charge in [0.1, 0.15) is 5.69 Å². The van der Waals surface area contributed by atoms with Crippen molar-refractivity contribution in [2.45, 2.75) is 6.54 Å². The summed E-state index contributed by atoms with van der Waals surface area (Å²) >= 11 is 1.34. The molecule has 0 aliphatic carbocycles. The predicted molar refractivity (Wildman–Crippen MR) is 106 cm³/mol. The molecule has 4 rings (SSSR count). The van der Waals surface area contributed by atoms with Gasteiger partial charge < -0.3 is 15.1 Å². The van der Waals surface area contributed by atoms with Crippen LogP contribution in [0.25, 0.3) is 10.1 Å². The van der Waals surface area contributed by atoms with Gasteiger partial charge >= 0.3 is 6.03 Å². The van der Waals surface area contributed by atoms with E-state index in [2.05, 4.69) is 9.69 Å². The number of carbonyl (C=O) groups is 2. The lowest BCUT2D eigenvalue weighted by molar-refractivity contribution is 0.0662. The molecule has 3 aromatic rings. The van der Waals surface area contributed by atoms with E-state index in [1.165, 1.54) is 11.5 Å². The average molecular weight is 380 g/mol.